The smallest absolute Gasteiger partial charge is 0.126 e. The molecule has 1 saturated heterocycles. The van der Waals surface area contributed by atoms with Crippen molar-refractivity contribution >= 4 is 0 Å². The number of benzene rings is 1. The second kappa shape index (κ2) is 4.75. The van der Waals surface area contributed by atoms with Crippen molar-refractivity contribution in [3.63, 3.8) is 0 Å². The normalized spacial score (nSPS) is 18.0. The Labute approximate surface area is 90.3 Å². The summed E-state index contributed by atoms with van der Waals surface area (Å²) in [4.78, 5) is 0. The fourth-order valence-electron chi connectivity index (χ4n) is 2.13. The standard InChI is InChI=1S/C13H17FO/c1-2-10-3-4-13(14)12(9-10)11-5-7-15-8-6-11/h3-4,9,11H,2,5-8H2,1H3. The van der Waals surface area contributed by atoms with Crippen LogP contribution >= 0.6 is 0 Å². The number of hydrogen-bond acceptors (Lipinski definition) is 1. The third-order valence-electron chi connectivity index (χ3n) is 3.13. The molecule has 15 heavy (non-hydrogen) atoms. The first kappa shape index (κ1) is 10.6. The van der Waals surface area contributed by atoms with Gasteiger partial charge < -0.3 is 4.74 Å². The predicted molar refractivity (Wildman–Crippen MR) is 58.6 cm³/mol. The summed E-state index contributed by atoms with van der Waals surface area (Å²) in [6, 6.07) is 5.49. The van der Waals surface area contributed by atoms with E-state index in [1.807, 2.05) is 12.1 Å². The maximum absolute atomic E-state index is 13.6. The van der Waals surface area contributed by atoms with Crippen LogP contribution in [0, 0.1) is 5.82 Å². The Hall–Kier alpha value is -0.890. The highest BCUT2D eigenvalue weighted by atomic mass is 19.1. The zero-order valence-corrected chi connectivity index (χ0v) is 9.13. The molecule has 2 heteroatoms. The molecule has 0 N–H and O–H groups in total. The molecule has 82 valence electrons. The molecule has 0 unspecified atom stereocenters. The quantitative estimate of drug-likeness (QED) is 0.724. The molecule has 1 aliphatic heterocycles. The Kier molecular flexibility index (Phi) is 3.37. The van der Waals surface area contributed by atoms with Crippen molar-refractivity contribution < 1.29 is 9.13 Å². The van der Waals surface area contributed by atoms with Crippen molar-refractivity contribution in [2.75, 3.05) is 13.2 Å². The Morgan fingerprint density at radius 3 is 2.73 bits per heavy atom. The second-order valence-electron chi connectivity index (χ2n) is 4.10. The molecule has 1 aliphatic rings. The van der Waals surface area contributed by atoms with Crippen LogP contribution in [-0.2, 0) is 11.2 Å². The Morgan fingerprint density at radius 2 is 2.07 bits per heavy atom. The van der Waals surface area contributed by atoms with Gasteiger partial charge in [-0.1, -0.05) is 19.1 Å². The first-order chi connectivity index (χ1) is 7.31. The molecule has 0 radical (unpaired) electrons. The maximum Gasteiger partial charge on any atom is 0.126 e. The minimum Gasteiger partial charge on any atom is -0.381 e. The molecule has 1 aromatic carbocycles. The monoisotopic (exact) mass is 208 g/mol. The maximum atomic E-state index is 13.6. The molecule has 0 amide bonds. The molecule has 1 aromatic rings. The van der Waals surface area contributed by atoms with Crippen LogP contribution in [0.1, 0.15) is 36.8 Å². The van der Waals surface area contributed by atoms with Crippen molar-refractivity contribution in [1.29, 1.82) is 0 Å². The minimum atomic E-state index is -0.0564. The van der Waals surface area contributed by atoms with Crippen molar-refractivity contribution in [3.05, 3.63) is 35.1 Å². The summed E-state index contributed by atoms with van der Waals surface area (Å²) in [5.74, 6) is 0.296. The number of aryl methyl sites for hydroxylation is 1. The average molecular weight is 208 g/mol. The summed E-state index contributed by atoms with van der Waals surface area (Å²) < 4.78 is 18.9. The number of rotatable bonds is 2. The van der Waals surface area contributed by atoms with E-state index in [2.05, 4.69) is 6.92 Å². The molecular formula is C13H17FO. The van der Waals surface area contributed by atoms with Crippen LogP contribution in [0.15, 0.2) is 18.2 Å². The van der Waals surface area contributed by atoms with E-state index in [9.17, 15) is 4.39 Å². The molecule has 0 saturated carbocycles. The molecule has 0 aromatic heterocycles. The average Bonchev–Trinajstić information content (AvgIpc) is 2.31. The van der Waals surface area contributed by atoms with Crippen molar-refractivity contribution in [2.45, 2.75) is 32.1 Å². The van der Waals surface area contributed by atoms with Gasteiger partial charge in [-0.15, -0.1) is 0 Å². The van der Waals surface area contributed by atoms with E-state index < -0.39 is 0 Å². The molecule has 1 heterocycles. The molecule has 1 fully saturated rings. The van der Waals surface area contributed by atoms with Gasteiger partial charge in [0, 0.05) is 13.2 Å². The van der Waals surface area contributed by atoms with Gasteiger partial charge in [0.15, 0.2) is 0 Å². The lowest BCUT2D eigenvalue weighted by Gasteiger charge is -2.23. The summed E-state index contributed by atoms with van der Waals surface area (Å²) in [7, 11) is 0. The Balaban J connectivity index is 2.24. The summed E-state index contributed by atoms with van der Waals surface area (Å²) in [5.41, 5.74) is 2.11. The van der Waals surface area contributed by atoms with E-state index in [-0.39, 0.29) is 5.82 Å². The van der Waals surface area contributed by atoms with Gasteiger partial charge in [-0.3, -0.25) is 0 Å². The van der Waals surface area contributed by atoms with Gasteiger partial charge in [-0.25, -0.2) is 4.39 Å². The van der Waals surface area contributed by atoms with Gasteiger partial charge in [0.25, 0.3) is 0 Å². The Morgan fingerprint density at radius 1 is 1.33 bits per heavy atom. The fourth-order valence-corrected chi connectivity index (χ4v) is 2.13. The number of hydrogen-bond donors (Lipinski definition) is 0. The van der Waals surface area contributed by atoms with Gasteiger partial charge in [0.05, 0.1) is 0 Å². The van der Waals surface area contributed by atoms with Crippen LogP contribution < -0.4 is 0 Å². The molecule has 0 spiro atoms. The molecule has 0 atom stereocenters. The van der Waals surface area contributed by atoms with Crippen LogP contribution in [0.5, 0.6) is 0 Å². The lowest BCUT2D eigenvalue weighted by atomic mass is 9.90. The largest absolute Gasteiger partial charge is 0.381 e. The van der Waals surface area contributed by atoms with Gasteiger partial charge >= 0.3 is 0 Å². The van der Waals surface area contributed by atoms with Crippen LogP contribution in [0.2, 0.25) is 0 Å². The van der Waals surface area contributed by atoms with Gasteiger partial charge in [-0.2, -0.15) is 0 Å². The molecular weight excluding hydrogens is 191 g/mol. The van der Waals surface area contributed by atoms with E-state index in [0.29, 0.717) is 5.92 Å². The summed E-state index contributed by atoms with van der Waals surface area (Å²) in [6.45, 7) is 3.63. The highest BCUT2D eigenvalue weighted by molar-refractivity contribution is 5.28. The molecule has 2 rings (SSSR count). The van der Waals surface area contributed by atoms with Gasteiger partial charge in [0.2, 0.25) is 0 Å². The van der Waals surface area contributed by atoms with Crippen LogP contribution in [0.25, 0.3) is 0 Å². The van der Waals surface area contributed by atoms with Crippen LogP contribution in [0.4, 0.5) is 4.39 Å². The van der Waals surface area contributed by atoms with Crippen LogP contribution in [-0.4, -0.2) is 13.2 Å². The first-order valence-corrected chi connectivity index (χ1v) is 5.67. The van der Waals surface area contributed by atoms with E-state index in [0.717, 1.165) is 38.0 Å². The zero-order valence-electron chi connectivity index (χ0n) is 9.13. The topological polar surface area (TPSA) is 9.23 Å². The summed E-state index contributed by atoms with van der Waals surface area (Å²) >= 11 is 0. The highest BCUT2D eigenvalue weighted by Crippen LogP contribution is 2.29. The molecule has 0 bridgehead atoms. The minimum absolute atomic E-state index is 0.0564. The molecule has 0 aliphatic carbocycles. The predicted octanol–water partition coefficient (Wildman–Crippen LogP) is 3.28. The van der Waals surface area contributed by atoms with Gasteiger partial charge in [0.1, 0.15) is 5.82 Å². The van der Waals surface area contributed by atoms with Crippen molar-refractivity contribution in [1.82, 2.24) is 0 Å². The SMILES string of the molecule is CCc1ccc(F)c(C2CCOCC2)c1. The summed E-state index contributed by atoms with van der Waals surface area (Å²) in [5, 5.41) is 0. The third kappa shape index (κ3) is 2.37. The van der Waals surface area contributed by atoms with Crippen molar-refractivity contribution in [3.8, 4) is 0 Å². The van der Waals surface area contributed by atoms with Crippen molar-refractivity contribution in [2.24, 2.45) is 0 Å². The molecule has 1 nitrogen and oxygen atoms in total. The lowest BCUT2D eigenvalue weighted by molar-refractivity contribution is 0.0846. The zero-order chi connectivity index (χ0) is 10.7. The first-order valence-electron chi connectivity index (χ1n) is 5.67. The van der Waals surface area contributed by atoms with E-state index in [1.54, 1.807) is 6.07 Å². The highest BCUT2D eigenvalue weighted by Gasteiger charge is 2.19. The Bertz CT molecular complexity index is 329. The summed E-state index contributed by atoms with van der Waals surface area (Å²) in [6.07, 6.45) is 2.87. The third-order valence-corrected chi connectivity index (χ3v) is 3.13. The lowest BCUT2D eigenvalue weighted by Crippen LogP contribution is -2.15. The van der Waals surface area contributed by atoms with Crippen LogP contribution in [0.3, 0.4) is 0 Å². The van der Waals surface area contributed by atoms with E-state index >= 15 is 0 Å². The number of ether oxygens (including phenoxy) is 1. The second-order valence-corrected chi connectivity index (χ2v) is 4.10. The van der Waals surface area contributed by atoms with Gasteiger partial charge in [-0.05, 0) is 42.4 Å². The number of halogens is 1. The van der Waals surface area contributed by atoms with E-state index in [1.165, 1.54) is 5.56 Å². The van der Waals surface area contributed by atoms with E-state index in [4.69, 9.17) is 4.74 Å². The fraction of sp³-hybridized carbons (Fsp3) is 0.538.